The van der Waals surface area contributed by atoms with Crippen molar-refractivity contribution in [3.8, 4) is 0 Å². The maximum absolute atomic E-state index is 12.0. The van der Waals surface area contributed by atoms with Crippen molar-refractivity contribution in [2.75, 3.05) is 0 Å². The first-order valence-corrected chi connectivity index (χ1v) is 7.73. The largest absolute Gasteiger partial charge is 0.480 e. The van der Waals surface area contributed by atoms with Crippen LogP contribution in [0, 0.1) is 11.8 Å². The minimum Gasteiger partial charge on any atom is -0.480 e. The number of carboxylic acids is 1. The second-order valence-electron chi connectivity index (χ2n) is 6.20. The zero-order chi connectivity index (χ0) is 15.1. The molecule has 0 aromatic carbocycles. The first kappa shape index (κ1) is 16.8. The summed E-state index contributed by atoms with van der Waals surface area (Å²) in [5, 5.41) is 14.7. The molecule has 3 N–H and O–H groups in total. The van der Waals surface area contributed by atoms with Crippen LogP contribution in [0.4, 0.5) is 4.79 Å². The number of carbonyl (C=O) groups excluding carboxylic acids is 1. The third-order valence-corrected chi connectivity index (χ3v) is 4.06. The quantitative estimate of drug-likeness (QED) is 0.701. The zero-order valence-electron chi connectivity index (χ0n) is 12.8. The Hall–Kier alpha value is -1.26. The van der Waals surface area contributed by atoms with E-state index in [2.05, 4.69) is 17.6 Å². The molecule has 0 spiro atoms. The second-order valence-corrected chi connectivity index (χ2v) is 6.20. The monoisotopic (exact) mass is 284 g/mol. The molecule has 1 rings (SSSR count). The van der Waals surface area contributed by atoms with Gasteiger partial charge < -0.3 is 15.7 Å². The molecule has 1 aliphatic carbocycles. The molecule has 1 fully saturated rings. The zero-order valence-corrected chi connectivity index (χ0v) is 12.8. The van der Waals surface area contributed by atoms with E-state index in [1.54, 1.807) is 0 Å². The summed E-state index contributed by atoms with van der Waals surface area (Å²) < 4.78 is 0. The number of carbonyl (C=O) groups is 2. The highest BCUT2D eigenvalue weighted by Gasteiger charge is 2.27. The SMILES string of the molecule is CCC1CCCCC1NC(=O)N[C@H](CC(C)C)C(=O)O. The lowest BCUT2D eigenvalue weighted by Gasteiger charge is -2.32. The predicted molar refractivity (Wildman–Crippen MR) is 78.6 cm³/mol. The molecule has 0 aliphatic heterocycles. The topological polar surface area (TPSA) is 78.4 Å². The van der Waals surface area contributed by atoms with Crippen LogP contribution in [0.15, 0.2) is 0 Å². The van der Waals surface area contributed by atoms with E-state index in [9.17, 15) is 9.59 Å². The summed E-state index contributed by atoms with van der Waals surface area (Å²) in [6.07, 6.45) is 6.01. The molecule has 20 heavy (non-hydrogen) atoms. The number of amides is 2. The summed E-state index contributed by atoms with van der Waals surface area (Å²) in [6, 6.07) is -0.968. The van der Waals surface area contributed by atoms with Crippen LogP contribution in [-0.4, -0.2) is 29.2 Å². The van der Waals surface area contributed by atoms with Gasteiger partial charge in [0, 0.05) is 6.04 Å². The molecule has 5 heteroatoms. The van der Waals surface area contributed by atoms with Gasteiger partial charge in [0.25, 0.3) is 0 Å². The van der Waals surface area contributed by atoms with E-state index < -0.39 is 12.0 Å². The molecule has 1 aliphatic rings. The molecule has 0 saturated heterocycles. The van der Waals surface area contributed by atoms with Gasteiger partial charge in [-0.1, -0.05) is 40.0 Å². The van der Waals surface area contributed by atoms with Gasteiger partial charge in [-0.15, -0.1) is 0 Å². The van der Waals surface area contributed by atoms with Crippen molar-refractivity contribution in [2.24, 2.45) is 11.8 Å². The van der Waals surface area contributed by atoms with E-state index in [-0.39, 0.29) is 18.0 Å². The number of carboxylic acid groups (broad SMARTS) is 1. The van der Waals surface area contributed by atoms with Crippen LogP contribution >= 0.6 is 0 Å². The highest BCUT2D eigenvalue weighted by Crippen LogP contribution is 2.26. The lowest BCUT2D eigenvalue weighted by atomic mass is 9.83. The van der Waals surface area contributed by atoms with Crippen molar-refractivity contribution < 1.29 is 14.7 Å². The number of aliphatic carboxylic acids is 1. The van der Waals surface area contributed by atoms with E-state index >= 15 is 0 Å². The van der Waals surface area contributed by atoms with Crippen molar-refractivity contribution >= 4 is 12.0 Å². The Balaban J connectivity index is 2.49. The third-order valence-electron chi connectivity index (χ3n) is 4.06. The Morgan fingerprint density at radius 2 is 1.90 bits per heavy atom. The summed E-state index contributed by atoms with van der Waals surface area (Å²) in [6.45, 7) is 6.04. The van der Waals surface area contributed by atoms with E-state index in [1.807, 2.05) is 13.8 Å². The van der Waals surface area contributed by atoms with Gasteiger partial charge in [0.2, 0.25) is 0 Å². The van der Waals surface area contributed by atoms with Gasteiger partial charge >= 0.3 is 12.0 Å². The van der Waals surface area contributed by atoms with Crippen molar-refractivity contribution in [2.45, 2.75) is 71.4 Å². The second kappa shape index (κ2) is 8.12. The Kier molecular flexibility index (Phi) is 6.82. The Bertz CT molecular complexity index is 331. The van der Waals surface area contributed by atoms with Crippen molar-refractivity contribution in [1.29, 1.82) is 0 Å². The predicted octanol–water partition coefficient (Wildman–Crippen LogP) is 2.75. The van der Waals surface area contributed by atoms with Crippen LogP contribution in [-0.2, 0) is 4.79 Å². The van der Waals surface area contributed by atoms with E-state index in [4.69, 9.17) is 5.11 Å². The third kappa shape index (κ3) is 5.39. The van der Waals surface area contributed by atoms with Crippen LogP contribution in [0.25, 0.3) is 0 Å². The Morgan fingerprint density at radius 1 is 1.25 bits per heavy atom. The van der Waals surface area contributed by atoms with Crippen LogP contribution in [0.3, 0.4) is 0 Å². The highest BCUT2D eigenvalue weighted by atomic mass is 16.4. The average molecular weight is 284 g/mol. The van der Waals surface area contributed by atoms with Gasteiger partial charge in [-0.3, -0.25) is 0 Å². The molecule has 5 nitrogen and oxygen atoms in total. The van der Waals surface area contributed by atoms with Crippen molar-refractivity contribution in [1.82, 2.24) is 10.6 Å². The number of hydrogen-bond donors (Lipinski definition) is 3. The van der Waals surface area contributed by atoms with Crippen LogP contribution < -0.4 is 10.6 Å². The highest BCUT2D eigenvalue weighted by molar-refractivity contribution is 5.82. The molecule has 0 heterocycles. The molecule has 2 amide bonds. The van der Waals surface area contributed by atoms with Gasteiger partial charge in [-0.05, 0) is 31.1 Å². The fourth-order valence-corrected chi connectivity index (χ4v) is 2.95. The smallest absolute Gasteiger partial charge is 0.326 e. The first-order chi connectivity index (χ1) is 9.43. The minimum absolute atomic E-state index is 0.183. The fourth-order valence-electron chi connectivity index (χ4n) is 2.95. The minimum atomic E-state index is -0.968. The number of rotatable bonds is 6. The lowest BCUT2D eigenvalue weighted by Crippen LogP contribution is -2.51. The molecular formula is C15H28N2O3. The molecule has 3 atom stereocenters. The van der Waals surface area contributed by atoms with Crippen LogP contribution in [0.5, 0.6) is 0 Å². The maximum Gasteiger partial charge on any atom is 0.326 e. The number of hydrogen-bond acceptors (Lipinski definition) is 2. The summed E-state index contributed by atoms with van der Waals surface area (Å²) in [5.41, 5.74) is 0. The van der Waals surface area contributed by atoms with Gasteiger partial charge in [0.1, 0.15) is 6.04 Å². The summed E-state index contributed by atoms with van der Waals surface area (Å²) >= 11 is 0. The molecule has 0 aromatic rings. The molecule has 1 saturated carbocycles. The van der Waals surface area contributed by atoms with Gasteiger partial charge in [-0.25, -0.2) is 9.59 Å². The fraction of sp³-hybridized carbons (Fsp3) is 0.867. The van der Waals surface area contributed by atoms with E-state index in [0.717, 1.165) is 25.7 Å². The van der Waals surface area contributed by atoms with Crippen molar-refractivity contribution in [3.05, 3.63) is 0 Å². The molecule has 116 valence electrons. The first-order valence-electron chi connectivity index (χ1n) is 7.73. The normalized spacial score (nSPS) is 24.2. The van der Waals surface area contributed by atoms with E-state index in [0.29, 0.717) is 12.3 Å². The Labute approximate surface area is 121 Å². The van der Waals surface area contributed by atoms with Gasteiger partial charge in [-0.2, -0.15) is 0 Å². The molecule has 2 unspecified atom stereocenters. The number of nitrogens with one attached hydrogen (secondary N) is 2. The van der Waals surface area contributed by atoms with Gasteiger partial charge in [0.15, 0.2) is 0 Å². The molecule has 0 aromatic heterocycles. The average Bonchev–Trinajstić information content (AvgIpc) is 2.37. The standard InChI is InChI=1S/C15H28N2O3/c1-4-11-7-5-6-8-12(11)16-15(20)17-13(14(18)19)9-10(2)3/h10-13H,4-9H2,1-3H3,(H,18,19)(H2,16,17,20)/t11?,12?,13-/m1/s1. The summed E-state index contributed by atoms with van der Waals surface area (Å²) in [7, 11) is 0. The molecule has 0 radical (unpaired) electrons. The Morgan fingerprint density at radius 3 is 2.45 bits per heavy atom. The molecular weight excluding hydrogens is 256 g/mol. The van der Waals surface area contributed by atoms with Gasteiger partial charge in [0.05, 0.1) is 0 Å². The number of urea groups is 1. The van der Waals surface area contributed by atoms with Crippen LogP contribution in [0.2, 0.25) is 0 Å². The molecule has 0 bridgehead atoms. The lowest BCUT2D eigenvalue weighted by molar-refractivity contribution is -0.139. The van der Waals surface area contributed by atoms with Crippen molar-refractivity contribution in [3.63, 3.8) is 0 Å². The van der Waals surface area contributed by atoms with Crippen LogP contribution in [0.1, 0.15) is 59.3 Å². The van der Waals surface area contributed by atoms with E-state index in [1.165, 1.54) is 6.42 Å². The maximum atomic E-state index is 12.0. The summed E-state index contributed by atoms with van der Waals surface area (Å²) in [4.78, 5) is 23.1. The summed E-state index contributed by atoms with van der Waals surface area (Å²) in [5.74, 6) is -0.220.